The van der Waals surface area contributed by atoms with E-state index in [1.54, 1.807) is 11.3 Å². The molecule has 0 aliphatic carbocycles. The number of nitrogens with zero attached hydrogens (tertiary/aromatic N) is 3. The zero-order valence-electron chi connectivity index (χ0n) is 20.0. The third-order valence-corrected chi connectivity index (χ3v) is 7.79. The van der Waals surface area contributed by atoms with E-state index in [9.17, 15) is 0 Å². The summed E-state index contributed by atoms with van der Waals surface area (Å²) in [6.45, 7) is 0. The Labute approximate surface area is 222 Å². The largest absolute Gasteiger partial charge is 0.453 e. The summed E-state index contributed by atoms with van der Waals surface area (Å²) in [5.74, 6) is 2.26. The van der Waals surface area contributed by atoms with Crippen molar-refractivity contribution in [3.05, 3.63) is 115 Å². The second-order valence-electron chi connectivity index (χ2n) is 9.11. The van der Waals surface area contributed by atoms with Crippen LogP contribution in [0, 0.1) is 0 Å². The lowest BCUT2D eigenvalue weighted by Gasteiger charge is -2.32. The lowest BCUT2D eigenvalue weighted by atomic mass is 10.1. The first-order valence-corrected chi connectivity index (χ1v) is 13.1. The molecule has 0 spiro atoms. The summed E-state index contributed by atoms with van der Waals surface area (Å²) in [5, 5.41) is 0.996. The molecule has 0 unspecified atom stereocenters. The molecule has 2 aromatic heterocycles. The molecule has 1 aliphatic heterocycles. The van der Waals surface area contributed by atoms with Gasteiger partial charge in [0, 0.05) is 22.9 Å². The molecule has 0 amide bonds. The first kappa shape index (κ1) is 21.2. The topological polar surface area (TPSA) is 51.4 Å². The molecule has 0 saturated carbocycles. The second-order valence-corrected chi connectivity index (χ2v) is 10.1. The highest BCUT2D eigenvalue weighted by molar-refractivity contribution is 7.21. The molecule has 180 valence electrons. The lowest BCUT2D eigenvalue weighted by molar-refractivity contribution is 0.477. The molecule has 8 rings (SSSR count). The minimum absolute atomic E-state index is 0.593. The van der Waals surface area contributed by atoms with E-state index in [4.69, 9.17) is 19.1 Å². The van der Waals surface area contributed by atoms with Crippen molar-refractivity contribution in [2.75, 3.05) is 4.90 Å². The Kier molecular flexibility index (Phi) is 4.62. The van der Waals surface area contributed by atoms with Gasteiger partial charge >= 0.3 is 0 Å². The third kappa shape index (κ3) is 3.38. The van der Waals surface area contributed by atoms with Crippen LogP contribution in [0.15, 0.2) is 120 Å². The van der Waals surface area contributed by atoms with E-state index in [2.05, 4.69) is 59.5 Å². The summed E-state index contributed by atoms with van der Waals surface area (Å²) in [7, 11) is 0. The Balaban J connectivity index is 1.16. The number of para-hydroxylation sites is 4. The van der Waals surface area contributed by atoms with E-state index in [0.29, 0.717) is 5.89 Å². The van der Waals surface area contributed by atoms with Gasteiger partial charge in [0.15, 0.2) is 17.1 Å². The van der Waals surface area contributed by atoms with Crippen molar-refractivity contribution in [1.82, 2.24) is 9.97 Å². The van der Waals surface area contributed by atoms with Gasteiger partial charge in [-0.15, -0.1) is 11.3 Å². The Morgan fingerprint density at radius 2 is 1.29 bits per heavy atom. The van der Waals surface area contributed by atoms with Crippen molar-refractivity contribution in [2.24, 2.45) is 0 Å². The van der Waals surface area contributed by atoms with Crippen LogP contribution in [-0.2, 0) is 0 Å². The van der Waals surface area contributed by atoms with Crippen LogP contribution in [0.3, 0.4) is 0 Å². The smallest absolute Gasteiger partial charge is 0.227 e. The van der Waals surface area contributed by atoms with Gasteiger partial charge in [-0.25, -0.2) is 9.97 Å². The molecule has 0 fully saturated rings. The van der Waals surface area contributed by atoms with E-state index >= 15 is 0 Å². The van der Waals surface area contributed by atoms with Crippen molar-refractivity contribution in [2.45, 2.75) is 0 Å². The molecule has 0 N–H and O–H groups in total. The molecule has 3 heterocycles. The molecular weight excluding hydrogens is 490 g/mol. The summed E-state index contributed by atoms with van der Waals surface area (Å²) in [6.07, 6.45) is 0. The Morgan fingerprint density at radius 1 is 0.605 bits per heavy atom. The van der Waals surface area contributed by atoms with Crippen LogP contribution in [0.4, 0.5) is 17.1 Å². The monoisotopic (exact) mass is 509 g/mol. The van der Waals surface area contributed by atoms with Crippen LogP contribution >= 0.6 is 11.3 Å². The van der Waals surface area contributed by atoms with Gasteiger partial charge < -0.3 is 14.1 Å². The van der Waals surface area contributed by atoms with Gasteiger partial charge in [-0.05, 0) is 54.6 Å². The fourth-order valence-corrected chi connectivity index (χ4v) is 5.90. The predicted molar refractivity (Wildman–Crippen MR) is 153 cm³/mol. The van der Waals surface area contributed by atoms with Gasteiger partial charge in [-0.3, -0.25) is 0 Å². The molecule has 7 aromatic rings. The highest BCUT2D eigenvalue weighted by Crippen LogP contribution is 2.50. The van der Waals surface area contributed by atoms with Gasteiger partial charge in [0.05, 0.1) is 21.6 Å². The van der Waals surface area contributed by atoms with Crippen LogP contribution in [0.25, 0.3) is 43.3 Å². The van der Waals surface area contributed by atoms with Crippen LogP contribution in [-0.4, -0.2) is 9.97 Å². The quantitative estimate of drug-likeness (QED) is 0.237. The van der Waals surface area contributed by atoms with E-state index in [0.717, 1.165) is 66.0 Å². The van der Waals surface area contributed by atoms with E-state index in [1.165, 1.54) is 0 Å². The van der Waals surface area contributed by atoms with Crippen molar-refractivity contribution in [3.63, 3.8) is 0 Å². The zero-order valence-corrected chi connectivity index (χ0v) is 20.9. The van der Waals surface area contributed by atoms with Crippen LogP contribution in [0.1, 0.15) is 0 Å². The molecule has 0 bridgehead atoms. The summed E-state index contributed by atoms with van der Waals surface area (Å²) < 4.78 is 13.4. The number of hydrogen-bond donors (Lipinski definition) is 0. The summed E-state index contributed by atoms with van der Waals surface area (Å²) in [5.41, 5.74) is 7.56. The molecule has 0 radical (unpaired) electrons. The summed E-state index contributed by atoms with van der Waals surface area (Å²) in [6, 6.07) is 38.7. The number of benzene rings is 5. The number of ether oxygens (including phenoxy) is 1. The van der Waals surface area contributed by atoms with Crippen molar-refractivity contribution in [3.8, 4) is 33.5 Å². The predicted octanol–water partition coefficient (Wildman–Crippen LogP) is 9.35. The van der Waals surface area contributed by atoms with Crippen molar-refractivity contribution < 1.29 is 9.15 Å². The minimum Gasteiger partial charge on any atom is -0.453 e. The molecule has 6 heteroatoms. The second kappa shape index (κ2) is 8.30. The molecule has 5 nitrogen and oxygen atoms in total. The fraction of sp³-hybridized carbons (Fsp3) is 0. The van der Waals surface area contributed by atoms with E-state index < -0.39 is 0 Å². The average Bonchev–Trinajstić information content (AvgIpc) is 3.58. The molecule has 0 saturated heterocycles. The Morgan fingerprint density at radius 3 is 2.03 bits per heavy atom. The van der Waals surface area contributed by atoms with E-state index in [1.807, 2.05) is 60.7 Å². The van der Waals surface area contributed by atoms with Gasteiger partial charge in [0.2, 0.25) is 5.89 Å². The number of hydrogen-bond acceptors (Lipinski definition) is 6. The van der Waals surface area contributed by atoms with Crippen molar-refractivity contribution in [1.29, 1.82) is 0 Å². The highest BCUT2D eigenvalue weighted by Gasteiger charge is 2.25. The SMILES string of the molecule is c1ccc(-c2nc3cc4oc(-c5ccc(N6c7ccccc7Oc7ccccc76)cc5)nc4cc3s2)cc1. The van der Waals surface area contributed by atoms with Gasteiger partial charge in [0.1, 0.15) is 10.5 Å². The maximum Gasteiger partial charge on any atom is 0.227 e. The number of aromatic nitrogens is 2. The van der Waals surface area contributed by atoms with Crippen LogP contribution in [0.2, 0.25) is 0 Å². The Hall–Kier alpha value is -4.94. The normalized spacial score (nSPS) is 12.4. The number of fused-ring (bicyclic) bond motifs is 4. The number of anilines is 3. The fourth-order valence-electron chi connectivity index (χ4n) is 4.91. The number of rotatable bonds is 3. The third-order valence-electron chi connectivity index (χ3n) is 6.72. The average molecular weight is 510 g/mol. The van der Waals surface area contributed by atoms with Gasteiger partial charge in [-0.2, -0.15) is 0 Å². The van der Waals surface area contributed by atoms with Gasteiger partial charge in [0.25, 0.3) is 0 Å². The van der Waals surface area contributed by atoms with Crippen LogP contribution in [0.5, 0.6) is 11.5 Å². The molecule has 1 aliphatic rings. The summed E-state index contributed by atoms with van der Waals surface area (Å²) >= 11 is 1.67. The maximum absolute atomic E-state index is 6.19. The molecule has 0 atom stereocenters. The molecule has 38 heavy (non-hydrogen) atoms. The van der Waals surface area contributed by atoms with E-state index in [-0.39, 0.29) is 0 Å². The first-order valence-electron chi connectivity index (χ1n) is 12.3. The maximum atomic E-state index is 6.19. The highest BCUT2D eigenvalue weighted by atomic mass is 32.1. The first-order chi connectivity index (χ1) is 18.8. The molecular formula is C32H19N3O2S. The van der Waals surface area contributed by atoms with Crippen LogP contribution < -0.4 is 9.64 Å². The lowest BCUT2D eigenvalue weighted by Crippen LogP contribution is -2.15. The number of thiazole rings is 1. The van der Waals surface area contributed by atoms with Crippen molar-refractivity contribution >= 4 is 49.7 Å². The molecule has 5 aromatic carbocycles. The Bertz CT molecular complexity index is 1860. The summed E-state index contributed by atoms with van der Waals surface area (Å²) in [4.78, 5) is 11.9. The minimum atomic E-state index is 0.593. The standard InChI is InChI=1S/C32H19N3O2S/c1-2-8-21(9-3-1)32-34-24-18-29-23(19-30(24)38-32)33-31(37-29)20-14-16-22(17-15-20)35-25-10-4-6-12-27(25)36-28-13-7-5-11-26(28)35/h1-19H. The van der Waals surface area contributed by atoms with Gasteiger partial charge in [-0.1, -0.05) is 54.6 Å². The number of oxazole rings is 1. The zero-order chi connectivity index (χ0) is 25.1.